The molecule has 0 bridgehead atoms. The SMILES string of the molecule is Cc1cc(-c2cnn(C)c2)cc(C(C)C)c1Nc1nccc2c1ncn2CC(=O)N(C)C. The highest BCUT2D eigenvalue weighted by Gasteiger charge is 2.17. The predicted octanol–water partition coefficient (Wildman–Crippen LogP) is 4.10. The zero-order valence-corrected chi connectivity index (χ0v) is 19.4. The lowest BCUT2D eigenvalue weighted by Crippen LogP contribution is -2.25. The molecule has 1 aromatic carbocycles. The molecule has 0 aliphatic heterocycles. The molecule has 1 N–H and O–H groups in total. The minimum absolute atomic E-state index is 0.0135. The summed E-state index contributed by atoms with van der Waals surface area (Å²) in [5, 5.41) is 7.84. The lowest BCUT2D eigenvalue weighted by Gasteiger charge is -2.19. The average Bonchev–Trinajstić information content (AvgIpc) is 3.36. The number of hydrogen-bond donors (Lipinski definition) is 1. The second kappa shape index (κ2) is 8.45. The molecule has 0 spiro atoms. The molecular formula is C24H29N7O. The number of aryl methyl sites for hydroxylation is 2. The Balaban J connectivity index is 1.74. The van der Waals surface area contributed by atoms with Crippen molar-refractivity contribution in [2.75, 3.05) is 19.4 Å². The standard InChI is InChI=1S/C24H29N7O/c1-15(2)19-10-17(18-11-27-30(6)12-18)9-16(3)22(19)28-24-23-20(7-8-25-24)31(14-26-23)13-21(32)29(4)5/h7-12,14-15H,13H2,1-6H3,(H,25,28). The van der Waals surface area contributed by atoms with Gasteiger partial charge in [-0.1, -0.05) is 13.8 Å². The smallest absolute Gasteiger partial charge is 0.242 e. The van der Waals surface area contributed by atoms with Crippen LogP contribution in [0.5, 0.6) is 0 Å². The molecule has 0 atom stereocenters. The number of nitrogens with zero attached hydrogens (tertiary/aromatic N) is 6. The largest absolute Gasteiger partial charge is 0.347 e. The van der Waals surface area contributed by atoms with Crippen LogP contribution < -0.4 is 5.32 Å². The monoisotopic (exact) mass is 431 g/mol. The fourth-order valence-corrected chi connectivity index (χ4v) is 3.79. The molecule has 0 fully saturated rings. The molecule has 0 saturated carbocycles. The van der Waals surface area contributed by atoms with E-state index in [0.29, 0.717) is 11.7 Å². The van der Waals surface area contributed by atoms with E-state index in [0.717, 1.165) is 33.4 Å². The predicted molar refractivity (Wildman–Crippen MR) is 127 cm³/mol. The fraction of sp³-hybridized carbons (Fsp3) is 0.333. The Morgan fingerprint density at radius 2 is 1.97 bits per heavy atom. The molecule has 0 unspecified atom stereocenters. The van der Waals surface area contributed by atoms with E-state index in [-0.39, 0.29) is 12.5 Å². The van der Waals surface area contributed by atoms with Crippen LogP contribution in [-0.2, 0) is 18.4 Å². The van der Waals surface area contributed by atoms with Gasteiger partial charge in [-0.2, -0.15) is 5.10 Å². The van der Waals surface area contributed by atoms with Crippen LogP contribution in [0, 0.1) is 6.92 Å². The number of hydrogen-bond acceptors (Lipinski definition) is 5. The molecule has 166 valence electrons. The first kappa shape index (κ1) is 21.5. The summed E-state index contributed by atoms with van der Waals surface area (Å²) in [4.78, 5) is 22.9. The third kappa shape index (κ3) is 4.08. The third-order valence-electron chi connectivity index (χ3n) is 5.61. The first-order valence-corrected chi connectivity index (χ1v) is 10.6. The minimum Gasteiger partial charge on any atom is -0.347 e. The van der Waals surface area contributed by atoms with Crippen LogP contribution in [0.15, 0.2) is 43.1 Å². The van der Waals surface area contributed by atoms with Crippen molar-refractivity contribution < 1.29 is 4.79 Å². The number of imidazole rings is 1. The Morgan fingerprint density at radius 3 is 2.62 bits per heavy atom. The molecule has 0 aliphatic carbocycles. The summed E-state index contributed by atoms with van der Waals surface area (Å²) in [5.74, 6) is 1.000. The van der Waals surface area contributed by atoms with Crippen molar-refractivity contribution in [2.24, 2.45) is 7.05 Å². The highest BCUT2D eigenvalue weighted by Crippen LogP contribution is 2.35. The summed E-state index contributed by atoms with van der Waals surface area (Å²) in [7, 11) is 5.43. The zero-order valence-electron chi connectivity index (χ0n) is 19.4. The van der Waals surface area contributed by atoms with Gasteiger partial charge < -0.3 is 14.8 Å². The zero-order chi connectivity index (χ0) is 23.0. The second-order valence-corrected chi connectivity index (χ2v) is 8.63. The van der Waals surface area contributed by atoms with Crippen LogP contribution in [-0.4, -0.2) is 49.2 Å². The van der Waals surface area contributed by atoms with Crippen molar-refractivity contribution in [3.63, 3.8) is 0 Å². The average molecular weight is 432 g/mol. The normalized spacial score (nSPS) is 11.3. The van der Waals surface area contributed by atoms with Crippen LogP contribution >= 0.6 is 0 Å². The number of pyridine rings is 1. The van der Waals surface area contributed by atoms with Gasteiger partial charge in [-0.25, -0.2) is 9.97 Å². The lowest BCUT2D eigenvalue weighted by atomic mass is 9.93. The van der Waals surface area contributed by atoms with Crippen LogP contribution in [0.4, 0.5) is 11.5 Å². The highest BCUT2D eigenvalue weighted by atomic mass is 16.2. The summed E-state index contributed by atoms with van der Waals surface area (Å²) in [6, 6.07) is 6.27. The first-order valence-electron chi connectivity index (χ1n) is 10.6. The van der Waals surface area contributed by atoms with Crippen molar-refractivity contribution >= 4 is 28.4 Å². The highest BCUT2D eigenvalue weighted by molar-refractivity contribution is 5.90. The van der Waals surface area contributed by atoms with E-state index in [1.54, 1.807) is 31.5 Å². The van der Waals surface area contributed by atoms with Crippen LogP contribution in [0.1, 0.15) is 30.9 Å². The topological polar surface area (TPSA) is 80.9 Å². The number of carbonyl (C=O) groups excluding carboxylic acids is 1. The van der Waals surface area contributed by atoms with Crippen molar-refractivity contribution in [3.05, 3.63) is 54.2 Å². The van der Waals surface area contributed by atoms with Gasteiger partial charge >= 0.3 is 0 Å². The van der Waals surface area contributed by atoms with Crippen molar-refractivity contribution in [2.45, 2.75) is 33.2 Å². The van der Waals surface area contributed by atoms with Crippen molar-refractivity contribution in [1.29, 1.82) is 0 Å². The summed E-state index contributed by atoms with van der Waals surface area (Å²) in [6.07, 6.45) is 7.35. The summed E-state index contributed by atoms with van der Waals surface area (Å²) < 4.78 is 3.67. The molecule has 0 radical (unpaired) electrons. The molecule has 32 heavy (non-hydrogen) atoms. The molecule has 4 rings (SSSR count). The third-order valence-corrected chi connectivity index (χ3v) is 5.61. The van der Waals surface area contributed by atoms with E-state index in [1.165, 1.54) is 5.56 Å². The van der Waals surface area contributed by atoms with Gasteiger partial charge in [-0.15, -0.1) is 0 Å². The number of amides is 1. The Hall–Kier alpha value is -3.68. The van der Waals surface area contributed by atoms with E-state index in [9.17, 15) is 4.79 Å². The molecule has 3 heterocycles. The van der Waals surface area contributed by atoms with E-state index in [2.05, 4.69) is 53.3 Å². The van der Waals surface area contributed by atoms with E-state index in [4.69, 9.17) is 0 Å². The molecule has 3 aromatic heterocycles. The van der Waals surface area contributed by atoms with Gasteiger partial charge in [0, 0.05) is 44.8 Å². The van der Waals surface area contributed by atoms with Gasteiger partial charge in [0.2, 0.25) is 5.91 Å². The number of likely N-dealkylation sites (N-methyl/N-ethyl adjacent to an activating group) is 1. The van der Waals surface area contributed by atoms with Gasteiger partial charge in [0.15, 0.2) is 5.82 Å². The van der Waals surface area contributed by atoms with Gasteiger partial charge in [-0.05, 0) is 47.7 Å². The van der Waals surface area contributed by atoms with Gasteiger partial charge in [0.1, 0.15) is 12.1 Å². The Bertz CT molecular complexity index is 1280. The number of carbonyl (C=O) groups is 1. The molecular weight excluding hydrogens is 402 g/mol. The quantitative estimate of drug-likeness (QED) is 0.497. The van der Waals surface area contributed by atoms with Crippen LogP contribution in [0.25, 0.3) is 22.2 Å². The molecule has 0 saturated heterocycles. The van der Waals surface area contributed by atoms with E-state index >= 15 is 0 Å². The fourth-order valence-electron chi connectivity index (χ4n) is 3.79. The van der Waals surface area contributed by atoms with Crippen LogP contribution in [0.3, 0.4) is 0 Å². The Labute approximate surface area is 187 Å². The van der Waals surface area contributed by atoms with E-state index in [1.807, 2.05) is 34.8 Å². The summed E-state index contributed by atoms with van der Waals surface area (Å²) in [5.41, 5.74) is 7.20. The maximum atomic E-state index is 12.2. The van der Waals surface area contributed by atoms with Crippen molar-refractivity contribution in [3.8, 4) is 11.1 Å². The number of nitrogens with one attached hydrogen (secondary N) is 1. The Kier molecular flexibility index (Phi) is 5.69. The minimum atomic E-state index is 0.0135. The molecule has 0 aliphatic rings. The lowest BCUT2D eigenvalue weighted by molar-refractivity contribution is -0.129. The first-order chi connectivity index (χ1) is 15.2. The molecule has 8 heteroatoms. The molecule has 4 aromatic rings. The number of fused-ring (bicyclic) bond motifs is 1. The van der Waals surface area contributed by atoms with Gasteiger partial charge in [0.05, 0.1) is 18.0 Å². The molecule has 1 amide bonds. The summed E-state index contributed by atoms with van der Waals surface area (Å²) in [6.45, 7) is 6.71. The maximum Gasteiger partial charge on any atom is 0.242 e. The second-order valence-electron chi connectivity index (χ2n) is 8.63. The van der Waals surface area contributed by atoms with Crippen LogP contribution in [0.2, 0.25) is 0 Å². The number of anilines is 2. The maximum absolute atomic E-state index is 12.2. The summed E-state index contributed by atoms with van der Waals surface area (Å²) >= 11 is 0. The number of rotatable bonds is 6. The van der Waals surface area contributed by atoms with Gasteiger partial charge in [0.25, 0.3) is 0 Å². The Morgan fingerprint density at radius 1 is 1.19 bits per heavy atom. The number of benzene rings is 1. The number of aromatic nitrogens is 5. The molecule has 8 nitrogen and oxygen atoms in total. The van der Waals surface area contributed by atoms with E-state index < -0.39 is 0 Å². The van der Waals surface area contributed by atoms with Gasteiger partial charge in [-0.3, -0.25) is 9.48 Å². The van der Waals surface area contributed by atoms with Crippen molar-refractivity contribution in [1.82, 2.24) is 29.2 Å².